The van der Waals surface area contributed by atoms with Crippen molar-refractivity contribution in [3.63, 3.8) is 0 Å². The van der Waals surface area contributed by atoms with E-state index in [4.69, 9.17) is 4.74 Å². The van der Waals surface area contributed by atoms with E-state index in [1.807, 2.05) is 64.1 Å². The number of ether oxygens (including phenoxy) is 1. The molecular formula is C28H41N3O5S. The molecule has 9 heteroatoms. The molecule has 0 aliphatic heterocycles. The maximum atomic E-state index is 13.5. The summed E-state index contributed by atoms with van der Waals surface area (Å²) >= 11 is 0. The summed E-state index contributed by atoms with van der Waals surface area (Å²) in [5, 5.41) is 2.92. The number of sulfonamides is 1. The zero-order valence-electron chi connectivity index (χ0n) is 22.9. The number of carbonyl (C=O) groups excluding carboxylic acids is 2. The largest absolute Gasteiger partial charge is 0.497 e. The molecule has 0 radical (unpaired) electrons. The highest BCUT2D eigenvalue weighted by Crippen LogP contribution is 2.21. The Morgan fingerprint density at radius 3 is 2.24 bits per heavy atom. The molecule has 0 unspecified atom stereocenters. The van der Waals surface area contributed by atoms with Gasteiger partial charge in [0.15, 0.2) is 0 Å². The van der Waals surface area contributed by atoms with E-state index in [2.05, 4.69) is 5.32 Å². The molecular weight excluding hydrogens is 490 g/mol. The molecule has 0 bridgehead atoms. The van der Waals surface area contributed by atoms with Crippen molar-refractivity contribution in [2.75, 3.05) is 24.2 Å². The minimum atomic E-state index is -3.53. The van der Waals surface area contributed by atoms with Crippen LogP contribution in [0.25, 0.3) is 0 Å². The van der Waals surface area contributed by atoms with Crippen molar-refractivity contribution < 1.29 is 22.7 Å². The Morgan fingerprint density at radius 1 is 1.03 bits per heavy atom. The van der Waals surface area contributed by atoms with Crippen LogP contribution in [0.4, 0.5) is 5.69 Å². The molecule has 0 saturated heterocycles. The first-order valence-corrected chi connectivity index (χ1v) is 14.6. The highest BCUT2D eigenvalue weighted by molar-refractivity contribution is 7.92. The van der Waals surface area contributed by atoms with Crippen molar-refractivity contribution in [1.82, 2.24) is 10.2 Å². The maximum Gasteiger partial charge on any atom is 0.243 e. The number of aryl methyl sites for hydroxylation is 1. The fourth-order valence-electron chi connectivity index (χ4n) is 4.17. The second-order valence-electron chi connectivity index (χ2n) is 9.42. The van der Waals surface area contributed by atoms with Crippen LogP contribution in [0.2, 0.25) is 0 Å². The van der Waals surface area contributed by atoms with Crippen LogP contribution in [0.1, 0.15) is 58.1 Å². The van der Waals surface area contributed by atoms with Crippen LogP contribution in [-0.2, 0) is 32.6 Å². The molecule has 37 heavy (non-hydrogen) atoms. The Hall–Kier alpha value is -3.07. The molecule has 1 atom stereocenters. The Labute approximate surface area is 222 Å². The molecule has 2 rings (SSSR count). The van der Waals surface area contributed by atoms with Gasteiger partial charge in [0, 0.05) is 25.6 Å². The van der Waals surface area contributed by atoms with E-state index in [0.29, 0.717) is 24.3 Å². The number of amides is 2. The minimum Gasteiger partial charge on any atom is -0.497 e. The quantitative estimate of drug-likeness (QED) is 0.395. The SMILES string of the molecule is CCc1ccc(N(CCCC(=O)N(Cc2cccc(OC)c2)[C@@H](CC)C(=O)NC(C)C)S(C)(=O)=O)cc1. The van der Waals surface area contributed by atoms with Crippen molar-refractivity contribution in [3.05, 3.63) is 59.7 Å². The van der Waals surface area contributed by atoms with Gasteiger partial charge in [0.25, 0.3) is 0 Å². The van der Waals surface area contributed by atoms with E-state index in [9.17, 15) is 18.0 Å². The van der Waals surface area contributed by atoms with Gasteiger partial charge in [-0.05, 0) is 68.5 Å². The Morgan fingerprint density at radius 2 is 1.70 bits per heavy atom. The second kappa shape index (κ2) is 14.0. The van der Waals surface area contributed by atoms with Crippen LogP contribution >= 0.6 is 0 Å². The fourth-order valence-corrected chi connectivity index (χ4v) is 5.13. The van der Waals surface area contributed by atoms with E-state index >= 15 is 0 Å². The van der Waals surface area contributed by atoms with Crippen LogP contribution in [0.3, 0.4) is 0 Å². The van der Waals surface area contributed by atoms with Crippen LogP contribution < -0.4 is 14.4 Å². The zero-order chi connectivity index (χ0) is 27.6. The summed E-state index contributed by atoms with van der Waals surface area (Å²) < 4.78 is 31.7. The number of nitrogens with zero attached hydrogens (tertiary/aromatic N) is 2. The van der Waals surface area contributed by atoms with Gasteiger partial charge in [0.05, 0.1) is 19.1 Å². The maximum absolute atomic E-state index is 13.5. The molecule has 2 amide bonds. The van der Waals surface area contributed by atoms with E-state index in [1.165, 1.54) is 10.6 Å². The van der Waals surface area contributed by atoms with Crippen molar-refractivity contribution >= 4 is 27.5 Å². The Bertz CT molecular complexity index is 1130. The molecule has 0 aliphatic carbocycles. The summed E-state index contributed by atoms with van der Waals surface area (Å²) in [7, 11) is -1.95. The number of benzene rings is 2. The van der Waals surface area contributed by atoms with E-state index < -0.39 is 16.1 Å². The first kappa shape index (κ1) is 30.2. The molecule has 1 N–H and O–H groups in total. The van der Waals surface area contributed by atoms with Crippen LogP contribution in [-0.4, -0.2) is 57.1 Å². The molecule has 0 spiro atoms. The number of hydrogen-bond acceptors (Lipinski definition) is 5. The normalized spacial score (nSPS) is 12.2. The van der Waals surface area contributed by atoms with Gasteiger partial charge in [-0.3, -0.25) is 13.9 Å². The van der Waals surface area contributed by atoms with E-state index in [1.54, 1.807) is 24.1 Å². The van der Waals surface area contributed by atoms with Crippen molar-refractivity contribution in [3.8, 4) is 5.75 Å². The topological polar surface area (TPSA) is 96.0 Å². The van der Waals surface area contributed by atoms with Gasteiger partial charge in [0.2, 0.25) is 21.8 Å². The van der Waals surface area contributed by atoms with Crippen molar-refractivity contribution in [1.29, 1.82) is 0 Å². The predicted molar refractivity (Wildman–Crippen MR) is 148 cm³/mol. The molecule has 2 aromatic rings. The molecule has 0 heterocycles. The smallest absolute Gasteiger partial charge is 0.243 e. The van der Waals surface area contributed by atoms with Gasteiger partial charge in [-0.15, -0.1) is 0 Å². The van der Waals surface area contributed by atoms with Gasteiger partial charge in [-0.25, -0.2) is 8.42 Å². The highest BCUT2D eigenvalue weighted by Gasteiger charge is 2.29. The Balaban J connectivity index is 2.23. The summed E-state index contributed by atoms with van der Waals surface area (Å²) in [6.45, 7) is 8.09. The second-order valence-corrected chi connectivity index (χ2v) is 11.3. The third-order valence-electron chi connectivity index (χ3n) is 6.09. The molecule has 0 aromatic heterocycles. The summed E-state index contributed by atoms with van der Waals surface area (Å²) in [5.74, 6) is 0.258. The summed E-state index contributed by atoms with van der Waals surface area (Å²) in [4.78, 5) is 28.1. The molecule has 0 fully saturated rings. The van der Waals surface area contributed by atoms with Crippen LogP contribution in [0.15, 0.2) is 48.5 Å². The van der Waals surface area contributed by atoms with Crippen LogP contribution in [0, 0.1) is 0 Å². The summed E-state index contributed by atoms with van der Waals surface area (Å²) in [5.41, 5.74) is 2.53. The summed E-state index contributed by atoms with van der Waals surface area (Å²) in [6.07, 6.45) is 2.90. The van der Waals surface area contributed by atoms with Crippen molar-refractivity contribution in [2.45, 2.75) is 72.0 Å². The van der Waals surface area contributed by atoms with E-state index in [-0.39, 0.29) is 37.4 Å². The van der Waals surface area contributed by atoms with E-state index in [0.717, 1.165) is 17.5 Å². The average Bonchev–Trinajstić information content (AvgIpc) is 2.85. The van der Waals surface area contributed by atoms with Gasteiger partial charge < -0.3 is 15.0 Å². The lowest BCUT2D eigenvalue weighted by molar-refractivity contribution is -0.141. The Kier molecular flexibility index (Phi) is 11.4. The molecule has 0 aliphatic rings. The number of anilines is 1. The number of carbonyl (C=O) groups is 2. The summed E-state index contributed by atoms with van der Waals surface area (Å²) in [6, 6.07) is 14.1. The number of rotatable bonds is 14. The fraction of sp³-hybridized carbons (Fsp3) is 0.500. The first-order chi connectivity index (χ1) is 17.5. The lowest BCUT2D eigenvalue weighted by Gasteiger charge is -2.31. The third kappa shape index (κ3) is 9.07. The molecule has 0 saturated carbocycles. The van der Waals surface area contributed by atoms with Gasteiger partial charge in [-0.1, -0.05) is 38.1 Å². The average molecular weight is 532 g/mol. The number of methoxy groups -OCH3 is 1. The molecule has 8 nitrogen and oxygen atoms in total. The number of hydrogen-bond donors (Lipinski definition) is 1. The number of nitrogens with one attached hydrogen (secondary N) is 1. The monoisotopic (exact) mass is 531 g/mol. The van der Waals surface area contributed by atoms with Gasteiger partial charge in [-0.2, -0.15) is 0 Å². The first-order valence-electron chi connectivity index (χ1n) is 12.8. The van der Waals surface area contributed by atoms with Crippen molar-refractivity contribution in [2.24, 2.45) is 0 Å². The van der Waals surface area contributed by atoms with Crippen LogP contribution in [0.5, 0.6) is 5.75 Å². The lowest BCUT2D eigenvalue weighted by atomic mass is 10.1. The molecule has 204 valence electrons. The molecule has 2 aromatic carbocycles. The third-order valence-corrected chi connectivity index (χ3v) is 7.28. The predicted octanol–water partition coefficient (Wildman–Crippen LogP) is 4.14. The van der Waals surface area contributed by atoms with Gasteiger partial charge in [0.1, 0.15) is 11.8 Å². The lowest BCUT2D eigenvalue weighted by Crippen LogP contribution is -2.50. The van der Waals surface area contributed by atoms with Gasteiger partial charge >= 0.3 is 0 Å². The standard InChI is InChI=1S/C28H41N3O5S/c1-7-22-14-16-24(17-15-22)31(37(6,34)35)18-10-13-27(32)30(26(8-2)28(33)29-21(3)4)20-23-11-9-12-25(19-23)36-5/h9,11-12,14-17,19,21,26H,7-8,10,13,18,20H2,1-6H3,(H,29,33)/t26-/m0/s1. The minimum absolute atomic E-state index is 0.0577. The zero-order valence-corrected chi connectivity index (χ0v) is 23.7. The highest BCUT2D eigenvalue weighted by atomic mass is 32.2.